The van der Waals surface area contributed by atoms with Crippen LogP contribution in [0.4, 0.5) is 0 Å². The third kappa shape index (κ3) is 3.46. The second-order valence-corrected chi connectivity index (χ2v) is 11.1. The van der Waals surface area contributed by atoms with Crippen molar-refractivity contribution in [1.82, 2.24) is 4.98 Å². The lowest BCUT2D eigenvalue weighted by Crippen LogP contribution is -2.26. The van der Waals surface area contributed by atoms with E-state index in [4.69, 9.17) is 4.98 Å². The zero-order valence-electron chi connectivity index (χ0n) is 21.7. The fourth-order valence-corrected chi connectivity index (χ4v) is 6.76. The molecule has 0 bridgehead atoms. The maximum Gasteiger partial charge on any atom is 0.171 e. The summed E-state index contributed by atoms with van der Waals surface area (Å²) in [5, 5.41) is 16.5. The van der Waals surface area contributed by atoms with Crippen molar-refractivity contribution in [3.63, 3.8) is 0 Å². The molecule has 0 amide bonds. The standard InChI is InChI=1S/C36H25NO3/c38-33-19-30(36(40)29-17-24-9-4-3-8-23(24)16-28(29)33)26-11-5-10-20-12-13-32(37-34(20)26)31-18-25-14-21-6-1-2-7-22(21)15-27(25)35(31)39/h1-17,30-31,35,39H,18-19H2. The summed E-state index contributed by atoms with van der Waals surface area (Å²) in [6, 6.07) is 33.8. The Morgan fingerprint density at radius 3 is 2.02 bits per heavy atom. The van der Waals surface area contributed by atoms with Crippen molar-refractivity contribution in [3.8, 4) is 0 Å². The highest BCUT2D eigenvalue weighted by Crippen LogP contribution is 2.44. The van der Waals surface area contributed by atoms with Gasteiger partial charge in [0.05, 0.1) is 17.5 Å². The van der Waals surface area contributed by atoms with Gasteiger partial charge in [-0.2, -0.15) is 0 Å². The van der Waals surface area contributed by atoms with E-state index in [2.05, 4.69) is 24.3 Å². The molecule has 2 aliphatic carbocycles. The summed E-state index contributed by atoms with van der Waals surface area (Å²) < 4.78 is 0. The Morgan fingerprint density at radius 1 is 0.625 bits per heavy atom. The van der Waals surface area contributed by atoms with Gasteiger partial charge < -0.3 is 5.11 Å². The summed E-state index contributed by atoms with van der Waals surface area (Å²) in [5.41, 5.74) is 5.39. The van der Waals surface area contributed by atoms with Crippen molar-refractivity contribution >= 4 is 44.0 Å². The van der Waals surface area contributed by atoms with Crippen LogP contribution >= 0.6 is 0 Å². The van der Waals surface area contributed by atoms with Crippen LogP contribution in [0.3, 0.4) is 0 Å². The normalized spacial score (nSPS) is 20.3. The van der Waals surface area contributed by atoms with Gasteiger partial charge in [-0.05, 0) is 68.9 Å². The van der Waals surface area contributed by atoms with Crippen LogP contribution in [0.5, 0.6) is 0 Å². The average molecular weight is 520 g/mol. The molecule has 4 heteroatoms. The van der Waals surface area contributed by atoms with Gasteiger partial charge in [0, 0.05) is 34.5 Å². The average Bonchev–Trinajstić information content (AvgIpc) is 3.31. The van der Waals surface area contributed by atoms with Gasteiger partial charge in [-0.25, -0.2) is 0 Å². The fraction of sp³-hybridized carbons (Fsp3) is 0.139. The van der Waals surface area contributed by atoms with Gasteiger partial charge in [0.25, 0.3) is 0 Å². The first-order valence-electron chi connectivity index (χ1n) is 13.7. The van der Waals surface area contributed by atoms with Gasteiger partial charge in [-0.3, -0.25) is 14.6 Å². The Labute approximate surface area is 230 Å². The van der Waals surface area contributed by atoms with Crippen LogP contribution in [0.2, 0.25) is 0 Å². The number of aliphatic hydroxyl groups excluding tert-OH is 1. The van der Waals surface area contributed by atoms with Gasteiger partial charge in [0.1, 0.15) is 0 Å². The quantitative estimate of drug-likeness (QED) is 0.258. The topological polar surface area (TPSA) is 67.3 Å². The molecule has 1 heterocycles. The molecule has 6 aromatic rings. The van der Waals surface area contributed by atoms with E-state index in [0.29, 0.717) is 17.5 Å². The molecule has 0 radical (unpaired) electrons. The molecule has 8 rings (SSSR count). The van der Waals surface area contributed by atoms with Crippen LogP contribution in [0.25, 0.3) is 32.4 Å². The molecule has 3 unspecified atom stereocenters. The van der Waals surface area contributed by atoms with Crippen LogP contribution in [-0.2, 0) is 6.42 Å². The number of pyridine rings is 1. The number of hydrogen-bond donors (Lipinski definition) is 1. The number of hydrogen-bond acceptors (Lipinski definition) is 4. The Morgan fingerprint density at radius 2 is 1.27 bits per heavy atom. The van der Waals surface area contributed by atoms with E-state index >= 15 is 0 Å². The zero-order chi connectivity index (χ0) is 27.0. The van der Waals surface area contributed by atoms with E-state index in [1.54, 1.807) is 0 Å². The number of para-hydroxylation sites is 1. The Balaban J connectivity index is 1.21. The summed E-state index contributed by atoms with van der Waals surface area (Å²) >= 11 is 0. The molecule has 3 atom stereocenters. The third-order valence-electron chi connectivity index (χ3n) is 8.83. The zero-order valence-corrected chi connectivity index (χ0v) is 21.7. The van der Waals surface area contributed by atoms with Crippen molar-refractivity contribution in [2.24, 2.45) is 0 Å². The van der Waals surface area contributed by atoms with Crippen molar-refractivity contribution < 1.29 is 14.7 Å². The summed E-state index contributed by atoms with van der Waals surface area (Å²) in [5.74, 6) is -0.837. The van der Waals surface area contributed by atoms with Crippen molar-refractivity contribution in [3.05, 3.63) is 137 Å². The molecule has 40 heavy (non-hydrogen) atoms. The molecule has 4 nitrogen and oxygen atoms in total. The number of ketones is 2. The minimum absolute atomic E-state index is 0.0211. The van der Waals surface area contributed by atoms with Crippen LogP contribution in [0.1, 0.15) is 67.5 Å². The molecular weight excluding hydrogens is 494 g/mol. The van der Waals surface area contributed by atoms with Crippen LogP contribution < -0.4 is 0 Å². The lowest BCUT2D eigenvalue weighted by Gasteiger charge is -2.24. The number of aromatic nitrogens is 1. The summed E-state index contributed by atoms with van der Waals surface area (Å²) in [6.07, 6.45) is 0.164. The Bertz CT molecular complexity index is 2040. The van der Waals surface area contributed by atoms with E-state index in [-0.39, 0.29) is 23.9 Å². The summed E-state index contributed by atoms with van der Waals surface area (Å²) in [6.45, 7) is 0. The largest absolute Gasteiger partial charge is 0.388 e. The van der Waals surface area contributed by atoms with Gasteiger partial charge in [0.2, 0.25) is 0 Å². The van der Waals surface area contributed by atoms with Gasteiger partial charge in [0.15, 0.2) is 11.6 Å². The molecule has 2 aliphatic rings. The molecule has 0 spiro atoms. The highest BCUT2D eigenvalue weighted by atomic mass is 16.3. The SMILES string of the molecule is O=C1CC(c2cccc3ccc(C4Cc5cc6ccccc6cc5C4O)nc23)C(=O)c2cc3ccccc3cc21. The van der Waals surface area contributed by atoms with Crippen LogP contribution in [0, 0.1) is 0 Å². The lowest BCUT2D eigenvalue weighted by atomic mass is 9.77. The summed E-state index contributed by atoms with van der Waals surface area (Å²) in [7, 11) is 0. The van der Waals surface area contributed by atoms with Gasteiger partial charge in [-0.1, -0.05) is 78.9 Å². The maximum absolute atomic E-state index is 13.9. The van der Waals surface area contributed by atoms with E-state index in [9.17, 15) is 14.7 Å². The number of Topliss-reactive ketones (excluding diaryl/α,β-unsaturated/α-hetero) is 2. The highest BCUT2D eigenvalue weighted by molar-refractivity contribution is 6.19. The van der Waals surface area contributed by atoms with Crippen molar-refractivity contribution in [1.29, 1.82) is 0 Å². The van der Waals surface area contributed by atoms with E-state index in [0.717, 1.165) is 54.8 Å². The summed E-state index contributed by atoms with van der Waals surface area (Å²) in [4.78, 5) is 32.3. The fourth-order valence-electron chi connectivity index (χ4n) is 6.76. The Kier molecular flexibility index (Phi) is 5.04. The molecule has 5 aromatic carbocycles. The monoisotopic (exact) mass is 519 g/mol. The number of nitrogens with zero attached hydrogens (tertiary/aromatic N) is 1. The minimum atomic E-state index is -0.658. The predicted molar refractivity (Wildman–Crippen MR) is 157 cm³/mol. The van der Waals surface area contributed by atoms with E-state index in [1.807, 2.05) is 78.9 Å². The second-order valence-electron chi connectivity index (χ2n) is 11.1. The van der Waals surface area contributed by atoms with Crippen molar-refractivity contribution in [2.45, 2.75) is 30.8 Å². The van der Waals surface area contributed by atoms with Gasteiger partial charge in [-0.15, -0.1) is 0 Å². The maximum atomic E-state index is 13.9. The number of carbonyl (C=O) groups is 2. The molecule has 0 fully saturated rings. The van der Waals surface area contributed by atoms with Crippen LogP contribution in [0.15, 0.2) is 103 Å². The molecule has 192 valence electrons. The molecule has 0 aliphatic heterocycles. The Hall–Kier alpha value is -4.67. The number of carbonyl (C=O) groups excluding carboxylic acids is 2. The van der Waals surface area contributed by atoms with E-state index in [1.165, 1.54) is 0 Å². The number of fused-ring (bicyclic) bond motifs is 5. The molecule has 0 saturated heterocycles. The number of aliphatic hydroxyl groups is 1. The first-order valence-corrected chi connectivity index (χ1v) is 13.7. The smallest absolute Gasteiger partial charge is 0.171 e. The third-order valence-corrected chi connectivity index (χ3v) is 8.83. The predicted octanol–water partition coefficient (Wildman–Crippen LogP) is 7.47. The minimum Gasteiger partial charge on any atom is -0.388 e. The van der Waals surface area contributed by atoms with E-state index < -0.39 is 12.0 Å². The van der Waals surface area contributed by atoms with Crippen molar-refractivity contribution in [2.75, 3.05) is 0 Å². The first-order chi connectivity index (χ1) is 19.5. The van der Waals surface area contributed by atoms with Crippen LogP contribution in [-0.4, -0.2) is 21.7 Å². The second kappa shape index (κ2) is 8.67. The number of rotatable bonds is 2. The first kappa shape index (κ1) is 23.2. The molecule has 1 N–H and O–H groups in total. The number of benzene rings is 5. The molecule has 1 aromatic heterocycles. The molecule has 0 saturated carbocycles. The lowest BCUT2D eigenvalue weighted by molar-refractivity contribution is 0.0866. The highest BCUT2D eigenvalue weighted by Gasteiger charge is 2.36. The van der Waals surface area contributed by atoms with Gasteiger partial charge >= 0.3 is 0 Å². The molecular formula is C36H25NO3.